The van der Waals surface area contributed by atoms with E-state index in [0.29, 0.717) is 17.8 Å². The van der Waals surface area contributed by atoms with Gasteiger partial charge in [0.2, 0.25) is 0 Å². The lowest BCUT2D eigenvalue weighted by Crippen LogP contribution is -2.47. The molecule has 0 amide bonds. The predicted octanol–water partition coefficient (Wildman–Crippen LogP) is 1.22. The van der Waals surface area contributed by atoms with Crippen LogP contribution in [0.4, 0.5) is 5.69 Å². The van der Waals surface area contributed by atoms with Gasteiger partial charge in [-0.15, -0.1) is 5.69 Å². The van der Waals surface area contributed by atoms with Crippen LogP contribution in [0.3, 0.4) is 0 Å². The summed E-state index contributed by atoms with van der Waals surface area (Å²) in [5.41, 5.74) is 4.69. The average molecular weight is 263 g/mol. The van der Waals surface area contributed by atoms with Crippen LogP contribution in [-0.4, -0.2) is 13.4 Å². The second-order valence-electron chi connectivity index (χ2n) is 3.64. The minimum atomic E-state index is -3.71. The third-order valence-electron chi connectivity index (χ3n) is 2.39. The van der Waals surface area contributed by atoms with Gasteiger partial charge in [0.25, 0.3) is 0 Å². The van der Waals surface area contributed by atoms with Gasteiger partial charge in [-0.25, -0.2) is 8.42 Å². The number of quaternary nitrogens is 1. The molecule has 0 bridgehead atoms. The van der Waals surface area contributed by atoms with Crippen molar-refractivity contribution >= 4 is 15.7 Å². The summed E-state index contributed by atoms with van der Waals surface area (Å²) in [5, 5.41) is 0. The molecule has 0 spiro atoms. The Balaban J connectivity index is 2.37. The van der Waals surface area contributed by atoms with E-state index in [9.17, 15) is 8.42 Å². The molecule has 0 radical (unpaired) electrons. The van der Waals surface area contributed by atoms with Gasteiger partial charge in [-0.05, 0) is 12.1 Å². The van der Waals surface area contributed by atoms with Gasteiger partial charge in [0, 0.05) is 18.0 Å². The summed E-state index contributed by atoms with van der Waals surface area (Å²) < 4.78 is 28.1. The highest BCUT2D eigenvalue weighted by Gasteiger charge is 2.10. The van der Waals surface area contributed by atoms with Gasteiger partial charge in [0.05, 0.1) is 4.90 Å². The molecule has 0 saturated heterocycles. The monoisotopic (exact) mass is 263 g/mol. The fourth-order valence-electron chi connectivity index (χ4n) is 1.56. The minimum absolute atomic E-state index is 0.198. The molecule has 0 aliphatic rings. The van der Waals surface area contributed by atoms with E-state index in [0.717, 1.165) is 0 Å². The molecule has 0 aliphatic heterocycles. The molecular formula is C12H13N3O2S. The molecule has 1 aromatic carbocycles. The third-order valence-corrected chi connectivity index (χ3v) is 3.80. The SMILES string of the molecule is [NH3+]Cc1ccccc1S(=O)(=O)[N-]c1cccnc1. The third kappa shape index (κ3) is 2.66. The fourth-order valence-corrected chi connectivity index (χ4v) is 2.79. The van der Waals surface area contributed by atoms with Crippen molar-refractivity contribution in [3.8, 4) is 0 Å². The molecule has 1 heterocycles. The van der Waals surface area contributed by atoms with E-state index in [1.165, 1.54) is 12.3 Å². The van der Waals surface area contributed by atoms with Crippen molar-refractivity contribution in [1.82, 2.24) is 4.98 Å². The van der Waals surface area contributed by atoms with E-state index in [4.69, 9.17) is 0 Å². The van der Waals surface area contributed by atoms with Crippen LogP contribution < -0.4 is 5.73 Å². The number of hydrogen-bond acceptors (Lipinski definition) is 3. The Hall–Kier alpha value is -1.92. The highest BCUT2D eigenvalue weighted by Crippen LogP contribution is 2.28. The summed E-state index contributed by atoms with van der Waals surface area (Å²) in [4.78, 5) is 4.03. The van der Waals surface area contributed by atoms with E-state index >= 15 is 0 Å². The largest absolute Gasteiger partial charge is 0.571 e. The number of sulfonamides is 1. The van der Waals surface area contributed by atoms with Crippen molar-refractivity contribution in [3.05, 3.63) is 59.1 Å². The zero-order valence-corrected chi connectivity index (χ0v) is 10.5. The molecule has 0 unspecified atom stereocenters. The Bertz CT molecular complexity index is 627. The Morgan fingerprint density at radius 1 is 1.17 bits per heavy atom. The van der Waals surface area contributed by atoms with Crippen LogP contribution in [0.25, 0.3) is 4.72 Å². The van der Waals surface area contributed by atoms with E-state index in [1.54, 1.807) is 36.5 Å². The molecular weight excluding hydrogens is 250 g/mol. The zero-order valence-electron chi connectivity index (χ0n) is 9.65. The maximum Gasteiger partial charge on any atom is 0.123 e. The molecule has 1 aromatic heterocycles. The first-order valence-corrected chi connectivity index (χ1v) is 6.83. The van der Waals surface area contributed by atoms with E-state index < -0.39 is 10.0 Å². The fraction of sp³-hybridized carbons (Fsp3) is 0.0833. The van der Waals surface area contributed by atoms with E-state index in [2.05, 4.69) is 15.4 Å². The summed E-state index contributed by atoms with van der Waals surface area (Å²) in [6.07, 6.45) is 2.97. The van der Waals surface area contributed by atoms with Crippen LogP contribution in [0.2, 0.25) is 0 Å². The van der Waals surface area contributed by atoms with Crippen LogP contribution >= 0.6 is 0 Å². The molecule has 5 nitrogen and oxygen atoms in total. The molecule has 0 atom stereocenters. The second-order valence-corrected chi connectivity index (χ2v) is 5.21. The van der Waals surface area contributed by atoms with Crippen molar-refractivity contribution < 1.29 is 14.2 Å². The summed E-state index contributed by atoms with van der Waals surface area (Å²) >= 11 is 0. The van der Waals surface area contributed by atoms with Gasteiger partial charge < -0.3 is 10.5 Å². The standard InChI is InChI=1S/C12H12N3O2S/c13-8-10-4-1-2-6-12(10)18(16,17)15-11-5-3-7-14-9-11/h1-7,9H,8,13H2/q-1/p+1. The zero-order chi connectivity index (χ0) is 13.0. The van der Waals surface area contributed by atoms with E-state index in [1.807, 2.05) is 0 Å². The Morgan fingerprint density at radius 3 is 2.61 bits per heavy atom. The van der Waals surface area contributed by atoms with Crippen molar-refractivity contribution in [1.29, 1.82) is 0 Å². The predicted molar refractivity (Wildman–Crippen MR) is 67.5 cm³/mol. The molecule has 0 saturated carbocycles. The van der Waals surface area contributed by atoms with Crippen molar-refractivity contribution in [2.75, 3.05) is 0 Å². The van der Waals surface area contributed by atoms with Gasteiger partial charge in [-0.3, -0.25) is 4.98 Å². The van der Waals surface area contributed by atoms with E-state index in [-0.39, 0.29) is 4.90 Å². The minimum Gasteiger partial charge on any atom is -0.571 e. The molecule has 94 valence electrons. The second kappa shape index (κ2) is 5.16. The number of rotatable bonds is 4. The lowest BCUT2D eigenvalue weighted by atomic mass is 10.2. The van der Waals surface area contributed by atoms with Gasteiger partial charge in [0.1, 0.15) is 16.6 Å². The van der Waals surface area contributed by atoms with Gasteiger partial charge in [-0.2, -0.15) is 0 Å². The average Bonchev–Trinajstić information content (AvgIpc) is 2.39. The molecule has 3 N–H and O–H groups in total. The molecule has 0 aliphatic carbocycles. The molecule has 2 aromatic rings. The first-order chi connectivity index (χ1) is 8.63. The number of hydrogen-bond donors (Lipinski definition) is 1. The number of pyridine rings is 1. The first kappa shape index (κ1) is 12.5. The molecule has 18 heavy (non-hydrogen) atoms. The summed E-state index contributed by atoms with van der Waals surface area (Å²) in [6, 6.07) is 9.96. The topological polar surface area (TPSA) is 88.8 Å². The lowest BCUT2D eigenvalue weighted by Gasteiger charge is -2.22. The lowest BCUT2D eigenvalue weighted by molar-refractivity contribution is -0.387. The normalized spacial score (nSPS) is 11.2. The summed E-state index contributed by atoms with van der Waals surface area (Å²) in [7, 11) is -3.71. The van der Waals surface area contributed by atoms with Crippen molar-refractivity contribution in [3.63, 3.8) is 0 Å². The smallest absolute Gasteiger partial charge is 0.123 e. The number of benzene rings is 1. The van der Waals surface area contributed by atoms with Gasteiger partial charge >= 0.3 is 0 Å². The van der Waals surface area contributed by atoms with Crippen LogP contribution in [0.1, 0.15) is 5.56 Å². The highest BCUT2D eigenvalue weighted by atomic mass is 32.2. The summed E-state index contributed by atoms with van der Waals surface area (Å²) in [5.74, 6) is 0. The highest BCUT2D eigenvalue weighted by molar-refractivity contribution is 7.94. The Morgan fingerprint density at radius 2 is 1.94 bits per heavy atom. The molecule has 2 rings (SSSR count). The maximum absolute atomic E-state index is 12.2. The van der Waals surface area contributed by atoms with Crippen LogP contribution in [0.15, 0.2) is 53.7 Å². The van der Waals surface area contributed by atoms with Crippen LogP contribution in [0.5, 0.6) is 0 Å². The summed E-state index contributed by atoms with van der Waals surface area (Å²) in [6.45, 7) is 0.401. The Labute approximate surface area is 106 Å². The van der Waals surface area contributed by atoms with Crippen molar-refractivity contribution in [2.45, 2.75) is 11.4 Å². The molecule has 0 fully saturated rings. The van der Waals surface area contributed by atoms with Gasteiger partial charge in [0.15, 0.2) is 0 Å². The van der Waals surface area contributed by atoms with Crippen molar-refractivity contribution in [2.24, 2.45) is 0 Å². The Kier molecular flexibility index (Phi) is 3.59. The maximum atomic E-state index is 12.2. The molecule has 6 heteroatoms. The quantitative estimate of drug-likeness (QED) is 0.899. The van der Waals surface area contributed by atoms with Gasteiger partial charge in [-0.1, -0.05) is 24.3 Å². The number of nitrogens with zero attached hydrogens (tertiary/aromatic N) is 2. The van der Waals surface area contributed by atoms with Crippen LogP contribution in [-0.2, 0) is 16.6 Å². The number of aromatic nitrogens is 1. The van der Waals surface area contributed by atoms with Crippen LogP contribution in [0, 0.1) is 0 Å². The first-order valence-electron chi connectivity index (χ1n) is 5.38.